The molecule has 0 aliphatic rings. The van der Waals surface area contributed by atoms with E-state index in [9.17, 15) is 14.4 Å². The average molecular weight is 948 g/mol. The van der Waals surface area contributed by atoms with Crippen LogP contribution in [0.3, 0.4) is 0 Å². The van der Waals surface area contributed by atoms with E-state index in [-0.39, 0.29) is 31.1 Å². The minimum absolute atomic E-state index is 0.0931. The molecule has 0 fully saturated rings. The first kappa shape index (κ1) is 64.6. The van der Waals surface area contributed by atoms with Gasteiger partial charge in [-0.3, -0.25) is 14.4 Å². The summed E-state index contributed by atoms with van der Waals surface area (Å²) in [6, 6.07) is 0. The maximum absolute atomic E-state index is 12.8. The van der Waals surface area contributed by atoms with Gasteiger partial charge in [-0.2, -0.15) is 0 Å². The molecule has 68 heavy (non-hydrogen) atoms. The van der Waals surface area contributed by atoms with Gasteiger partial charge in [0.1, 0.15) is 13.2 Å². The van der Waals surface area contributed by atoms with Crippen molar-refractivity contribution in [3.05, 3.63) is 85.1 Å². The predicted octanol–water partition coefficient (Wildman–Crippen LogP) is 19.2. The molecule has 0 heterocycles. The monoisotopic (exact) mass is 947 g/mol. The molecule has 0 rings (SSSR count). The number of allylic oxidation sites excluding steroid dienone is 14. The molecule has 0 amide bonds. The van der Waals surface area contributed by atoms with E-state index in [1.165, 1.54) is 128 Å². The fraction of sp³-hybridized carbons (Fsp3) is 0.726. The minimum Gasteiger partial charge on any atom is -0.462 e. The van der Waals surface area contributed by atoms with E-state index in [0.717, 1.165) is 103 Å². The Labute approximate surface area is 420 Å². The molecule has 0 aromatic heterocycles. The Morgan fingerprint density at radius 2 is 0.574 bits per heavy atom. The molecule has 0 aliphatic carbocycles. The van der Waals surface area contributed by atoms with E-state index in [1.54, 1.807) is 0 Å². The fourth-order valence-corrected chi connectivity index (χ4v) is 7.85. The van der Waals surface area contributed by atoms with Gasteiger partial charge >= 0.3 is 17.9 Å². The lowest BCUT2D eigenvalue weighted by atomic mass is 10.0. The highest BCUT2D eigenvalue weighted by atomic mass is 16.6. The van der Waals surface area contributed by atoms with Gasteiger partial charge in [-0.15, -0.1) is 0 Å². The average Bonchev–Trinajstić information content (AvgIpc) is 3.34. The Balaban J connectivity index is 4.43. The van der Waals surface area contributed by atoms with E-state index >= 15 is 0 Å². The largest absolute Gasteiger partial charge is 0.462 e. The summed E-state index contributed by atoms with van der Waals surface area (Å²) < 4.78 is 16.8. The van der Waals surface area contributed by atoms with Gasteiger partial charge in [0.05, 0.1) is 0 Å². The lowest BCUT2D eigenvalue weighted by Gasteiger charge is -2.18. The van der Waals surface area contributed by atoms with Crippen LogP contribution in [-0.4, -0.2) is 37.2 Å². The summed E-state index contributed by atoms with van der Waals surface area (Å²) in [5.41, 5.74) is 0. The van der Waals surface area contributed by atoms with Crippen molar-refractivity contribution in [2.75, 3.05) is 13.2 Å². The molecule has 0 N–H and O–H groups in total. The van der Waals surface area contributed by atoms with Crippen LogP contribution in [0.25, 0.3) is 0 Å². The van der Waals surface area contributed by atoms with Crippen LogP contribution >= 0.6 is 0 Å². The first-order valence-electron chi connectivity index (χ1n) is 28.6. The predicted molar refractivity (Wildman–Crippen MR) is 293 cm³/mol. The SMILES string of the molecule is CC/C=C\C/C=C\C/C=C\C/C=C\C/C=C\C/C=C\CCCCC(=O)OCC(COC(=O)CCCCCCC/C=C\CCCCC)OC(=O)CCCCCCCCCCCCCCCCCCC. The Hall–Kier alpha value is -3.41. The number of carbonyl (C=O) groups is 3. The normalized spacial score (nSPS) is 12.7. The van der Waals surface area contributed by atoms with Crippen molar-refractivity contribution in [3.8, 4) is 0 Å². The summed E-state index contributed by atoms with van der Waals surface area (Å²) in [5.74, 6) is -0.939. The van der Waals surface area contributed by atoms with Gasteiger partial charge in [0.25, 0.3) is 0 Å². The molecule has 6 heteroatoms. The van der Waals surface area contributed by atoms with Crippen molar-refractivity contribution in [1.29, 1.82) is 0 Å². The summed E-state index contributed by atoms with van der Waals surface area (Å²) in [6.07, 6.45) is 72.9. The van der Waals surface area contributed by atoms with Gasteiger partial charge < -0.3 is 14.2 Å². The van der Waals surface area contributed by atoms with Crippen LogP contribution in [-0.2, 0) is 28.6 Å². The van der Waals surface area contributed by atoms with Gasteiger partial charge in [-0.25, -0.2) is 0 Å². The summed E-state index contributed by atoms with van der Waals surface area (Å²) in [5, 5.41) is 0. The zero-order valence-electron chi connectivity index (χ0n) is 44.6. The molecule has 390 valence electrons. The highest BCUT2D eigenvalue weighted by Gasteiger charge is 2.19. The Kier molecular flexibility index (Phi) is 53.4. The molecule has 0 aromatic rings. The molecule has 0 aromatic carbocycles. The third-order valence-electron chi connectivity index (χ3n) is 12.1. The second-order valence-corrected chi connectivity index (χ2v) is 18.8. The van der Waals surface area contributed by atoms with Gasteiger partial charge in [0, 0.05) is 19.3 Å². The van der Waals surface area contributed by atoms with Crippen molar-refractivity contribution in [2.24, 2.45) is 0 Å². The molecule has 0 radical (unpaired) electrons. The summed E-state index contributed by atoms with van der Waals surface area (Å²) in [7, 11) is 0. The summed E-state index contributed by atoms with van der Waals surface area (Å²) in [6.45, 7) is 6.47. The highest BCUT2D eigenvalue weighted by molar-refractivity contribution is 5.71. The van der Waals surface area contributed by atoms with Crippen LogP contribution in [0.15, 0.2) is 85.1 Å². The molecule has 0 aliphatic heterocycles. The topological polar surface area (TPSA) is 78.9 Å². The number of esters is 3. The first-order chi connectivity index (χ1) is 33.5. The zero-order chi connectivity index (χ0) is 49.3. The molecule has 0 bridgehead atoms. The quantitative estimate of drug-likeness (QED) is 0.0262. The molecule has 0 saturated heterocycles. The van der Waals surface area contributed by atoms with Crippen LogP contribution in [0.5, 0.6) is 0 Å². The van der Waals surface area contributed by atoms with Crippen LogP contribution in [0.4, 0.5) is 0 Å². The molecule has 1 atom stereocenters. The van der Waals surface area contributed by atoms with Crippen molar-refractivity contribution < 1.29 is 28.6 Å². The number of rotatable bonds is 51. The highest BCUT2D eigenvalue weighted by Crippen LogP contribution is 2.16. The lowest BCUT2D eigenvalue weighted by Crippen LogP contribution is -2.30. The maximum atomic E-state index is 12.8. The molecular weight excluding hydrogens is 841 g/mol. The molecule has 0 spiro atoms. The molecule has 6 nitrogen and oxygen atoms in total. The smallest absolute Gasteiger partial charge is 0.306 e. The lowest BCUT2D eigenvalue weighted by molar-refractivity contribution is -0.167. The second kappa shape index (κ2) is 56.2. The van der Waals surface area contributed by atoms with Crippen LogP contribution in [0.2, 0.25) is 0 Å². The van der Waals surface area contributed by atoms with Gasteiger partial charge in [0.2, 0.25) is 0 Å². The van der Waals surface area contributed by atoms with E-state index in [1.807, 2.05) is 0 Å². The summed E-state index contributed by atoms with van der Waals surface area (Å²) >= 11 is 0. The number of hydrogen-bond donors (Lipinski definition) is 0. The van der Waals surface area contributed by atoms with E-state index in [4.69, 9.17) is 14.2 Å². The van der Waals surface area contributed by atoms with E-state index in [2.05, 4.69) is 106 Å². The number of hydrogen-bond acceptors (Lipinski definition) is 6. The Morgan fingerprint density at radius 3 is 0.971 bits per heavy atom. The number of carbonyl (C=O) groups excluding carboxylic acids is 3. The second-order valence-electron chi connectivity index (χ2n) is 18.8. The van der Waals surface area contributed by atoms with Crippen molar-refractivity contribution in [3.63, 3.8) is 0 Å². The first-order valence-corrected chi connectivity index (χ1v) is 28.6. The van der Waals surface area contributed by atoms with Crippen LogP contribution in [0.1, 0.15) is 271 Å². The molecular formula is C62H106O6. The fourth-order valence-electron chi connectivity index (χ4n) is 7.85. The van der Waals surface area contributed by atoms with Gasteiger partial charge in [-0.1, -0.05) is 241 Å². The van der Waals surface area contributed by atoms with E-state index < -0.39 is 6.10 Å². The third kappa shape index (κ3) is 53.5. The van der Waals surface area contributed by atoms with Gasteiger partial charge in [-0.05, 0) is 96.3 Å². The summed E-state index contributed by atoms with van der Waals surface area (Å²) in [4.78, 5) is 38.1. The molecule has 0 saturated carbocycles. The molecule has 1 unspecified atom stereocenters. The van der Waals surface area contributed by atoms with Crippen LogP contribution < -0.4 is 0 Å². The standard InChI is InChI=1S/C62H106O6/c1-4-7-10-13-16-19-22-25-27-29-30-31-32-34-35-37-40-43-46-49-52-55-61(64)67-58-59(57-66-60(63)54-51-48-45-42-39-24-21-18-15-12-9-6-3)68-62(65)56-53-50-47-44-41-38-36-33-28-26-23-20-17-14-11-8-5-2/h7,10,16,18-19,21,25,27,30-31,34-35,40,43,59H,4-6,8-9,11-15,17,20,22-24,26,28-29,32-33,36-39,41-42,44-58H2,1-3H3/b10-7-,19-16-,21-18-,27-25-,31-30-,35-34-,43-40-. The van der Waals surface area contributed by atoms with Crippen molar-refractivity contribution in [2.45, 2.75) is 277 Å². The van der Waals surface area contributed by atoms with Crippen LogP contribution in [0, 0.1) is 0 Å². The van der Waals surface area contributed by atoms with Crippen molar-refractivity contribution in [1.82, 2.24) is 0 Å². The maximum Gasteiger partial charge on any atom is 0.306 e. The van der Waals surface area contributed by atoms with Crippen molar-refractivity contribution >= 4 is 17.9 Å². The van der Waals surface area contributed by atoms with E-state index in [0.29, 0.717) is 19.3 Å². The number of ether oxygens (including phenoxy) is 3. The minimum atomic E-state index is -0.796. The Bertz CT molecular complexity index is 1320. The van der Waals surface area contributed by atoms with Gasteiger partial charge in [0.15, 0.2) is 6.10 Å². The zero-order valence-corrected chi connectivity index (χ0v) is 44.6. The third-order valence-corrected chi connectivity index (χ3v) is 12.1. The number of unbranched alkanes of at least 4 members (excludes halogenated alkanes) is 26. The Morgan fingerprint density at radius 1 is 0.309 bits per heavy atom.